The van der Waals surface area contributed by atoms with Crippen molar-refractivity contribution in [2.75, 3.05) is 25.6 Å². The van der Waals surface area contributed by atoms with Gasteiger partial charge in [-0.25, -0.2) is 14.8 Å². The summed E-state index contributed by atoms with van der Waals surface area (Å²) in [6.07, 6.45) is 4.06. The zero-order valence-electron chi connectivity index (χ0n) is 18.5. The molecule has 0 saturated heterocycles. The number of unbranched alkanes of at least 4 members (excludes halogenated alkanes) is 3. The van der Waals surface area contributed by atoms with E-state index in [0.29, 0.717) is 59.2 Å². The molecular formula is C25H26N4O4. The summed E-state index contributed by atoms with van der Waals surface area (Å²) in [6, 6.07) is 13.0. The monoisotopic (exact) mass is 446 g/mol. The molecule has 0 spiro atoms. The largest absolute Gasteiger partial charge is 0.486 e. The highest BCUT2D eigenvalue weighted by Crippen LogP contribution is 2.36. The number of rotatable bonds is 7. The smallest absolute Gasteiger partial charge is 0.344 e. The average molecular weight is 447 g/mol. The predicted octanol–water partition coefficient (Wildman–Crippen LogP) is 4.66. The quantitative estimate of drug-likeness (QED) is 0.325. The van der Waals surface area contributed by atoms with Crippen molar-refractivity contribution in [1.82, 2.24) is 14.5 Å². The van der Waals surface area contributed by atoms with E-state index in [9.17, 15) is 4.79 Å². The van der Waals surface area contributed by atoms with E-state index in [1.807, 2.05) is 42.5 Å². The van der Waals surface area contributed by atoms with E-state index in [4.69, 9.17) is 29.9 Å². The fourth-order valence-corrected chi connectivity index (χ4v) is 4.06. The lowest BCUT2D eigenvalue weighted by Crippen LogP contribution is -2.15. The number of fused-ring (bicyclic) bond motifs is 3. The molecule has 8 nitrogen and oxygen atoms in total. The zero-order valence-corrected chi connectivity index (χ0v) is 18.5. The molecule has 170 valence electrons. The Hall–Kier alpha value is -3.81. The molecule has 33 heavy (non-hydrogen) atoms. The molecule has 0 amide bonds. The number of nitrogens with two attached hydrogens (primary N) is 1. The van der Waals surface area contributed by atoms with Gasteiger partial charge in [0.1, 0.15) is 30.1 Å². The molecule has 0 unspecified atom stereocenters. The molecule has 2 aromatic carbocycles. The molecule has 1 aliphatic heterocycles. The molecule has 0 aliphatic carbocycles. The predicted molar refractivity (Wildman–Crippen MR) is 126 cm³/mol. The minimum absolute atomic E-state index is 0.230. The van der Waals surface area contributed by atoms with Gasteiger partial charge in [-0.1, -0.05) is 38.3 Å². The minimum atomic E-state index is -0.491. The van der Waals surface area contributed by atoms with Crippen molar-refractivity contribution < 1.29 is 19.0 Å². The van der Waals surface area contributed by atoms with E-state index < -0.39 is 5.97 Å². The maximum Gasteiger partial charge on any atom is 0.344 e. The van der Waals surface area contributed by atoms with Gasteiger partial charge in [0.25, 0.3) is 0 Å². The molecule has 0 atom stereocenters. The molecule has 5 rings (SSSR count). The Morgan fingerprint density at radius 3 is 2.58 bits per heavy atom. The summed E-state index contributed by atoms with van der Waals surface area (Å²) in [7, 11) is 0. The first kappa shape index (κ1) is 21.1. The van der Waals surface area contributed by atoms with E-state index in [0.717, 1.165) is 25.7 Å². The molecule has 0 saturated carbocycles. The summed E-state index contributed by atoms with van der Waals surface area (Å²) in [5.41, 5.74) is 9.78. The van der Waals surface area contributed by atoms with Crippen LogP contribution >= 0.6 is 0 Å². The van der Waals surface area contributed by atoms with Crippen LogP contribution in [0, 0.1) is 0 Å². The number of nitrogen functional groups attached to an aromatic ring is 1. The number of carbonyl (C=O) groups is 1. The third-order valence-electron chi connectivity index (χ3n) is 5.72. The standard InChI is InChI=1S/C25H26N4O4/c1-2-3-4-7-12-33-25(30)21-22-24(28-18-9-6-5-8-17(18)27-22)29(23(21)26)16-10-11-19-20(15-16)32-14-13-31-19/h5-6,8-11,15H,2-4,7,12-14,26H2,1H3. The number of anilines is 1. The molecule has 3 heterocycles. The fourth-order valence-electron chi connectivity index (χ4n) is 4.06. The summed E-state index contributed by atoms with van der Waals surface area (Å²) in [4.78, 5) is 22.6. The van der Waals surface area contributed by atoms with Crippen LogP contribution in [0.3, 0.4) is 0 Å². The third kappa shape index (κ3) is 3.92. The number of para-hydroxylation sites is 2. The van der Waals surface area contributed by atoms with Crippen molar-refractivity contribution >= 4 is 34.0 Å². The maximum atomic E-state index is 13.1. The Morgan fingerprint density at radius 1 is 1.03 bits per heavy atom. The maximum absolute atomic E-state index is 13.1. The second-order valence-corrected chi connectivity index (χ2v) is 8.00. The summed E-state index contributed by atoms with van der Waals surface area (Å²) >= 11 is 0. The van der Waals surface area contributed by atoms with Gasteiger partial charge >= 0.3 is 5.97 Å². The first-order valence-electron chi connectivity index (χ1n) is 11.3. The van der Waals surface area contributed by atoms with Crippen molar-refractivity contribution in [3.63, 3.8) is 0 Å². The normalized spacial score (nSPS) is 12.9. The Labute approximate surface area is 191 Å². The average Bonchev–Trinajstić information content (AvgIpc) is 3.12. The Morgan fingerprint density at radius 2 is 1.79 bits per heavy atom. The minimum Gasteiger partial charge on any atom is -0.486 e. The molecule has 1 aliphatic rings. The first-order valence-corrected chi connectivity index (χ1v) is 11.3. The van der Waals surface area contributed by atoms with Crippen LogP contribution in [0.2, 0.25) is 0 Å². The highest BCUT2D eigenvalue weighted by molar-refractivity contribution is 6.09. The van der Waals surface area contributed by atoms with Gasteiger partial charge in [0.15, 0.2) is 17.1 Å². The van der Waals surface area contributed by atoms with Crippen molar-refractivity contribution in [2.24, 2.45) is 0 Å². The van der Waals surface area contributed by atoms with Crippen molar-refractivity contribution in [3.05, 3.63) is 48.0 Å². The van der Waals surface area contributed by atoms with Crippen molar-refractivity contribution in [2.45, 2.75) is 32.6 Å². The van der Waals surface area contributed by atoms with Gasteiger partial charge in [-0.2, -0.15) is 0 Å². The summed E-state index contributed by atoms with van der Waals surface area (Å²) in [6.45, 7) is 3.46. The van der Waals surface area contributed by atoms with E-state index in [-0.39, 0.29) is 11.4 Å². The van der Waals surface area contributed by atoms with Gasteiger partial charge in [0.2, 0.25) is 0 Å². The van der Waals surface area contributed by atoms with Gasteiger partial charge in [-0.15, -0.1) is 0 Å². The number of hydrogen-bond donors (Lipinski definition) is 1. The van der Waals surface area contributed by atoms with Gasteiger partial charge < -0.3 is 19.9 Å². The second-order valence-electron chi connectivity index (χ2n) is 8.00. The lowest BCUT2D eigenvalue weighted by Gasteiger charge is -2.19. The van der Waals surface area contributed by atoms with Crippen LogP contribution in [0.4, 0.5) is 5.82 Å². The van der Waals surface area contributed by atoms with E-state index in [2.05, 4.69) is 6.92 Å². The van der Waals surface area contributed by atoms with Crippen LogP contribution in [0.25, 0.3) is 27.9 Å². The Bertz CT molecular complexity index is 1330. The van der Waals surface area contributed by atoms with Crippen LogP contribution in [-0.4, -0.2) is 40.3 Å². The van der Waals surface area contributed by atoms with E-state index >= 15 is 0 Å². The number of nitrogens with zero attached hydrogens (tertiary/aromatic N) is 3. The summed E-state index contributed by atoms with van der Waals surface area (Å²) in [5.74, 6) is 1.03. The number of benzene rings is 2. The Balaban J connectivity index is 1.62. The first-order chi connectivity index (χ1) is 16.2. The Kier molecular flexibility index (Phi) is 5.73. The lowest BCUT2D eigenvalue weighted by molar-refractivity contribution is 0.0501. The van der Waals surface area contributed by atoms with Crippen LogP contribution in [0.5, 0.6) is 11.5 Å². The molecule has 4 aromatic rings. The summed E-state index contributed by atoms with van der Waals surface area (Å²) < 4.78 is 18.7. The zero-order chi connectivity index (χ0) is 22.8. The molecule has 2 aromatic heterocycles. The molecule has 0 bridgehead atoms. The number of hydrogen-bond acceptors (Lipinski definition) is 7. The van der Waals surface area contributed by atoms with Gasteiger partial charge in [-0.3, -0.25) is 4.57 Å². The number of carbonyl (C=O) groups excluding carboxylic acids is 1. The molecule has 0 radical (unpaired) electrons. The fraction of sp³-hybridized carbons (Fsp3) is 0.320. The lowest BCUT2D eigenvalue weighted by atomic mass is 10.2. The molecule has 8 heteroatoms. The second kappa shape index (κ2) is 8.97. The van der Waals surface area contributed by atoms with Crippen molar-refractivity contribution in [3.8, 4) is 17.2 Å². The van der Waals surface area contributed by atoms with Crippen LogP contribution in [0.15, 0.2) is 42.5 Å². The van der Waals surface area contributed by atoms with Crippen LogP contribution in [0.1, 0.15) is 43.0 Å². The van der Waals surface area contributed by atoms with Gasteiger partial charge in [-0.05, 0) is 30.7 Å². The van der Waals surface area contributed by atoms with Gasteiger partial charge in [0.05, 0.1) is 23.3 Å². The molecule has 2 N–H and O–H groups in total. The van der Waals surface area contributed by atoms with Crippen LogP contribution in [-0.2, 0) is 4.74 Å². The van der Waals surface area contributed by atoms with Crippen LogP contribution < -0.4 is 15.2 Å². The molecular weight excluding hydrogens is 420 g/mol. The van der Waals surface area contributed by atoms with Gasteiger partial charge in [0, 0.05) is 6.07 Å². The molecule has 0 fully saturated rings. The summed E-state index contributed by atoms with van der Waals surface area (Å²) in [5, 5.41) is 0. The highest BCUT2D eigenvalue weighted by Gasteiger charge is 2.26. The SMILES string of the molecule is CCCCCCOC(=O)c1c(N)n(-c2ccc3c(c2)OCCO3)c2nc3ccccc3nc12. The van der Waals surface area contributed by atoms with E-state index in [1.54, 1.807) is 4.57 Å². The third-order valence-corrected chi connectivity index (χ3v) is 5.72. The highest BCUT2D eigenvalue weighted by atomic mass is 16.6. The number of ether oxygens (including phenoxy) is 3. The number of aromatic nitrogens is 3. The number of esters is 1. The van der Waals surface area contributed by atoms with Crippen molar-refractivity contribution in [1.29, 1.82) is 0 Å². The topological polar surface area (TPSA) is 101 Å². The van der Waals surface area contributed by atoms with E-state index in [1.165, 1.54) is 0 Å².